The van der Waals surface area contributed by atoms with E-state index in [2.05, 4.69) is 5.32 Å². The third-order valence-electron chi connectivity index (χ3n) is 7.16. The average Bonchev–Trinajstić information content (AvgIpc) is 3.02. The normalized spacial score (nSPS) is 11.0. The number of rotatable bonds is 9. The average molecular weight is 557 g/mol. The first-order valence-electron chi connectivity index (χ1n) is 13.8. The lowest BCUT2D eigenvalue weighted by Gasteiger charge is -2.23. The van der Waals surface area contributed by atoms with Crippen LogP contribution in [-0.2, 0) is 6.54 Å². The summed E-state index contributed by atoms with van der Waals surface area (Å²) >= 11 is 0. The van der Waals surface area contributed by atoms with Crippen LogP contribution in [0.15, 0.2) is 134 Å². The maximum Gasteiger partial charge on any atom is 0.344 e. The molecule has 0 aliphatic rings. The van der Waals surface area contributed by atoms with Gasteiger partial charge in [-0.05, 0) is 53.9 Å². The lowest BCUT2D eigenvalue weighted by molar-refractivity contribution is 0.0742. The smallest absolute Gasteiger partial charge is 0.344 e. The second-order valence-corrected chi connectivity index (χ2v) is 10.0. The molecule has 0 saturated carbocycles. The van der Waals surface area contributed by atoms with Crippen molar-refractivity contribution in [3.8, 4) is 11.1 Å². The standard InChI is InChI=1S/C35H28N2O5/c38-33-22-30(28-12-5-7-14-32(28)41-33)36-19-8-20-37(23-24-9-2-1-3-10-24)34(39)26-17-15-25(16-18-26)29-21-27-11-4-6-13-31(27)42-35(29)40/h1-7,9-18,21-22,36H,8,19-20,23H2. The minimum absolute atomic E-state index is 0.109. The monoisotopic (exact) mass is 556 g/mol. The Hall–Kier alpha value is -5.43. The van der Waals surface area contributed by atoms with Crippen LogP contribution in [-0.4, -0.2) is 23.9 Å². The fraction of sp³-hybridized carbons (Fsp3) is 0.114. The van der Waals surface area contributed by atoms with Crippen LogP contribution in [0.25, 0.3) is 33.1 Å². The SMILES string of the molecule is O=C(c1ccc(-c2cc3ccccc3oc2=O)cc1)N(CCCNc1cc(=O)oc2ccccc12)Cc1ccccc1. The number of anilines is 1. The molecule has 0 unspecified atom stereocenters. The number of nitrogens with zero attached hydrogens (tertiary/aromatic N) is 1. The third kappa shape index (κ3) is 5.86. The molecule has 2 aromatic heterocycles. The van der Waals surface area contributed by atoms with Gasteiger partial charge in [-0.25, -0.2) is 9.59 Å². The van der Waals surface area contributed by atoms with Crippen molar-refractivity contribution in [1.29, 1.82) is 0 Å². The summed E-state index contributed by atoms with van der Waals surface area (Å²) in [5.41, 5.74) is 3.61. The largest absolute Gasteiger partial charge is 0.423 e. The van der Waals surface area contributed by atoms with Crippen LogP contribution in [0.2, 0.25) is 0 Å². The number of hydrogen-bond donors (Lipinski definition) is 1. The molecule has 0 fully saturated rings. The van der Waals surface area contributed by atoms with E-state index in [1.165, 1.54) is 6.07 Å². The molecule has 0 bridgehead atoms. The van der Waals surface area contributed by atoms with Crippen molar-refractivity contribution < 1.29 is 13.6 Å². The molecule has 2 heterocycles. The van der Waals surface area contributed by atoms with Crippen molar-refractivity contribution in [2.45, 2.75) is 13.0 Å². The lowest BCUT2D eigenvalue weighted by atomic mass is 10.0. The topological polar surface area (TPSA) is 92.8 Å². The van der Waals surface area contributed by atoms with Gasteiger partial charge in [-0.2, -0.15) is 0 Å². The number of carbonyl (C=O) groups excluding carboxylic acids is 1. The zero-order valence-electron chi connectivity index (χ0n) is 22.8. The Kier molecular flexibility index (Phi) is 7.64. The van der Waals surface area contributed by atoms with Gasteiger partial charge >= 0.3 is 11.3 Å². The fourth-order valence-electron chi connectivity index (χ4n) is 5.05. The molecular weight excluding hydrogens is 528 g/mol. The highest BCUT2D eigenvalue weighted by molar-refractivity contribution is 5.95. The van der Waals surface area contributed by atoms with Crippen LogP contribution in [0, 0.1) is 0 Å². The molecule has 6 aromatic rings. The first kappa shape index (κ1) is 26.8. The van der Waals surface area contributed by atoms with Crippen molar-refractivity contribution in [3.63, 3.8) is 0 Å². The van der Waals surface area contributed by atoms with Gasteiger partial charge in [0.2, 0.25) is 0 Å². The summed E-state index contributed by atoms with van der Waals surface area (Å²) in [7, 11) is 0. The highest BCUT2D eigenvalue weighted by Crippen LogP contribution is 2.23. The molecule has 0 aliphatic heterocycles. The van der Waals surface area contributed by atoms with Gasteiger partial charge in [-0.1, -0.05) is 72.8 Å². The molecule has 42 heavy (non-hydrogen) atoms. The number of hydrogen-bond acceptors (Lipinski definition) is 6. The zero-order valence-corrected chi connectivity index (χ0v) is 22.8. The van der Waals surface area contributed by atoms with E-state index in [0.29, 0.717) is 59.6 Å². The first-order chi connectivity index (χ1) is 20.5. The number of nitrogens with one attached hydrogen (secondary N) is 1. The highest BCUT2D eigenvalue weighted by Gasteiger charge is 2.17. The van der Waals surface area contributed by atoms with Crippen LogP contribution in [0.1, 0.15) is 22.3 Å². The summed E-state index contributed by atoms with van der Waals surface area (Å²) in [6.45, 7) is 1.51. The van der Waals surface area contributed by atoms with Crippen molar-refractivity contribution >= 4 is 33.5 Å². The van der Waals surface area contributed by atoms with Crippen LogP contribution >= 0.6 is 0 Å². The van der Waals surface area contributed by atoms with E-state index in [-0.39, 0.29) is 5.91 Å². The van der Waals surface area contributed by atoms with E-state index < -0.39 is 11.3 Å². The Morgan fingerprint density at radius 2 is 1.45 bits per heavy atom. The molecular formula is C35H28N2O5. The van der Waals surface area contributed by atoms with E-state index in [1.54, 1.807) is 36.4 Å². The number of benzene rings is 4. The molecule has 0 aliphatic carbocycles. The Balaban J connectivity index is 1.19. The van der Waals surface area contributed by atoms with Gasteiger partial charge in [-0.15, -0.1) is 0 Å². The summed E-state index contributed by atoms with van der Waals surface area (Å²) in [6, 6.07) is 34.9. The van der Waals surface area contributed by atoms with Crippen molar-refractivity contribution in [1.82, 2.24) is 4.90 Å². The van der Waals surface area contributed by atoms with Gasteiger partial charge in [0.25, 0.3) is 5.91 Å². The number of para-hydroxylation sites is 2. The highest BCUT2D eigenvalue weighted by atomic mass is 16.4. The second-order valence-electron chi connectivity index (χ2n) is 10.0. The molecule has 7 heteroatoms. The summed E-state index contributed by atoms with van der Waals surface area (Å²) in [6.07, 6.45) is 0.656. The molecule has 4 aromatic carbocycles. The molecule has 208 valence electrons. The first-order valence-corrected chi connectivity index (χ1v) is 13.8. The lowest BCUT2D eigenvalue weighted by Crippen LogP contribution is -2.32. The molecule has 0 radical (unpaired) electrons. The second kappa shape index (κ2) is 12.0. The van der Waals surface area contributed by atoms with E-state index in [1.807, 2.05) is 77.7 Å². The predicted octanol–water partition coefficient (Wildman–Crippen LogP) is 6.71. The Morgan fingerprint density at radius 1 is 0.738 bits per heavy atom. The fourth-order valence-corrected chi connectivity index (χ4v) is 5.05. The van der Waals surface area contributed by atoms with Crippen LogP contribution < -0.4 is 16.6 Å². The predicted molar refractivity (Wildman–Crippen MR) is 165 cm³/mol. The van der Waals surface area contributed by atoms with E-state index in [4.69, 9.17) is 8.83 Å². The summed E-state index contributed by atoms with van der Waals surface area (Å²) in [4.78, 5) is 40.1. The molecule has 0 atom stereocenters. The summed E-state index contributed by atoms with van der Waals surface area (Å²) in [5.74, 6) is -0.109. The van der Waals surface area contributed by atoms with Gasteiger partial charge in [0, 0.05) is 42.0 Å². The molecule has 0 spiro atoms. The molecule has 1 N–H and O–H groups in total. The minimum Gasteiger partial charge on any atom is -0.423 e. The Morgan fingerprint density at radius 3 is 2.26 bits per heavy atom. The van der Waals surface area contributed by atoms with Crippen LogP contribution in [0.5, 0.6) is 0 Å². The number of carbonyl (C=O) groups is 1. The maximum absolute atomic E-state index is 13.7. The van der Waals surface area contributed by atoms with Gasteiger partial charge in [0.1, 0.15) is 11.2 Å². The Labute approximate surface area is 241 Å². The maximum atomic E-state index is 13.7. The molecule has 6 rings (SSSR count). The van der Waals surface area contributed by atoms with Gasteiger partial charge in [0.05, 0.1) is 11.3 Å². The van der Waals surface area contributed by atoms with E-state index in [0.717, 1.165) is 16.3 Å². The summed E-state index contributed by atoms with van der Waals surface area (Å²) < 4.78 is 10.8. The minimum atomic E-state index is -0.421. The number of fused-ring (bicyclic) bond motifs is 2. The third-order valence-corrected chi connectivity index (χ3v) is 7.16. The van der Waals surface area contributed by atoms with Gasteiger partial charge in [-0.3, -0.25) is 4.79 Å². The quantitative estimate of drug-likeness (QED) is 0.157. The molecule has 1 amide bonds. The molecule has 0 saturated heterocycles. The van der Waals surface area contributed by atoms with Crippen LogP contribution in [0.4, 0.5) is 5.69 Å². The van der Waals surface area contributed by atoms with Crippen molar-refractivity contribution in [2.75, 3.05) is 18.4 Å². The van der Waals surface area contributed by atoms with Gasteiger partial charge in [0.15, 0.2) is 0 Å². The van der Waals surface area contributed by atoms with E-state index >= 15 is 0 Å². The van der Waals surface area contributed by atoms with Crippen molar-refractivity contribution in [3.05, 3.63) is 147 Å². The van der Waals surface area contributed by atoms with E-state index in [9.17, 15) is 14.4 Å². The summed E-state index contributed by atoms with van der Waals surface area (Å²) in [5, 5.41) is 4.99. The zero-order chi connectivity index (χ0) is 28.9. The van der Waals surface area contributed by atoms with Gasteiger partial charge < -0.3 is 19.1 Å². The molecule has 7 nitrogen and oxygen atoms in total. The van der Waals surface area contributed by atoms with Crippen LogP contribution in [0.3, 0.4) is 0 Å². The Bertz CT molecular complexity index is 1980. The van der Waals surface area contributed by atoms with Crippen molar-refractivity contribution in [2.24, 2.45) is 0 Å². The number of amides is 1.